The van der Waals surface area contributed by atoms with Crippen molar-refractivity contribution in [2.75, 3.05) is 76.8 Å². The molecule has 0 unspecified atom stereocenters. The fraction of sp³-hybridized carbons (Fsp3) is 0.224. The van der Waals surface area contributed by atoms with Crippen LogP contribution in [0.1, 0.15) is 38.1 Å². The zero-order valence-electron chi connectivity index (χ0n) is 51.3. The van der Waals surface area contributed by atoms with Gasteiger partial charge in [-0.3, -0.25) is 19.9 Å². The maximum atomic E-state index is 14.4. The molecule has 21 nitrogen and oxygen atoms in total. The first kappa shape index (κ1) is 73.7. The molecule has 0 fully saturated rings. The summed E-state index contributed by atoms with van der Waals surface area (Å²) in [6.07, 6.45) is 6.60. The van der Waals surface area contributed by atoms with Gasteiger partial charge in [0.15, 0.2) is 40.5 Å². The molecule has 0 atom stereocenters. The van der Waals surface area contributed by atoms with E-state index in [-0.39, 0.29) is 47.5 Å². The number of aromatic hydroxyl groups is 1. The highest BCUT2D eigenvalue weighted by Crippen LogP contribution is 2.33. The van der Waals surface area contributed by atoms with Gasteiger partial charge in [-0.1, -0.05) is 84.2 Å². The second kappa shape index (κ2) is 38.0. The number of nitrogens with zero attached hydrogens (tertiary/aromatic N) is 7. The second-order valence-electron chi connectivity index (χ2n) is 19.4. The second-order valence-corrected chi connectivity index (χ2v) is 21.8. The summed E-state index contributed by atoms with van der Waals surface area (Å²) < 4.78 is 120. The van der Waals surface area contributed by atoms with Crippen molar-refractivity contribution in [1.29, 1.82) is 5.26 Å². The summed E-state index contributed by atoms with van der Waals surface area (Å²) in [5.74, 6) is -2.53. The predicted octanol–water partition coefficient (Wildman–Crippen LogP) is 14.0. The summed E-state index contributed by atoms with van der Waals surface area (Å²) in [6, 6.07) is 34.4. The highest BCUT2D eigenvalue weighted by atomic mass is 79.9. The van der Waals surface area contributed by atoms with Crippen LogP contribution in [0.3, 0.4) is 0 Å². The maximum absolute atomic E-state index is 14.4. The summed E-state index contributed by atoms with van der Waals surface area (Å²) in [7, 11) is 4.10. The van der Waals surface area contributed by atoms with E-state index >= 15 is 0 Å². The van der Waals surface area contributed by atoms with Crippen molar-refractivity contribution < 1.29 is 88.5 Å². The number of esters is 2. The molecule has 11 aromatic rings. The van der Waals surface area contributed by atoms with Crippen LogP contribution in [0.5, 0.6) is 40.2 Å². The van der Waals surface area contributed by atoms with Crippen molar-refractivity contribution >= 4 is 104 Å². The Labute approximate surface area is 570 Å². The minimum absolute atomic E-state index is 0.00168. The number of aliphatic hydroxyl groups excluding tert-OH is 1. The molecule has 0 aliphatic heterocycles. The number of carbonyl (C=O) groups excluding carboxylic acids is 2. The fourth-order valence-corrected chi connectivity index (χ4v) is 8.70. The van der Waals surface area contributed by atoms with Gasteiger partial charge >= 0.3 is 11.9 Å². The van der Waals surface area contributed by atoms with Crippen LogP contribution in [0.15, 0.2) is 155 Å². The summed E-state index contributed by atoms with van der Waals surface area (Å²) in [6.45, 7) is 2.16. The summed E-state index contributed by atoms with van der Waals surface area (Å²) in [5.41, 5.74) is 2.88. The lowest BCUT2D eigenvalue weighted by Gasteiger charge is -2.13. The Morgan fingerprint density at radius 2 is 0.875 bits per heavy atom. The number of methoxy groups -OCH3 is 2. The fourth-order valence-electron chi connectivity index (χ4n) is 8.21. The number of aliphatic hydroxyl groups is 1. The smallest absolute Gasteiger partial charge is 0.359 e. The van der Waals surface area contributed by atoms with Crippen molar-refractivity contribution in [3.63, 3.8) is 0 Å². The molecule has 0 saturated carbocycles. The van der Waals surface area contributed by atoms with E-state index in [0.717, 1.165) is 69.3 Å². The highest BCUT2D eigenvalue weighted by molar-refractivity contribution is 9.09. The minimum atomic E-state index is -0.901. The van der Waals surface area contributed by atoms with Crippen molar-refractivity contribution in [3.8, 4) is 46.3 Å². The standard InChI is InChI=1S/C23H20FN3O3.C20H15BrFNO3.C9H9BrFNO3.C8H9BrFNO2.C7H6FNO3/c1-27(9-8-25)10-11-28-17-13-20(24)21(26-14-17)15-29-16-6-7-23-19(12-16)18-4-2-3-5-22(18)30-23;21-7-8-24-14-10-17(22)18(23-11-14)12-25-13-5-6-20-16(9-13)15-3-1-2-4-19(15)26-20;1-14-9(13)8-7(11)4-6(5-12-8)15-3-2-10;9-1-2-13-6-3-7(10)8(5-12)11-4-6;1-12-7(11)6-5(8)2-4(10)3-9-6/h2-7,12-14H,9-11,15H2,1H3;1-6,9-11H,7-8,12H2;4-5H,2-3H2,1H3;3-4,12H,1-2,5H2;2-3,10H,1H3. The Bertz CT molecular complexity index is 4420. The molecule has 2 N–H and O–H groups in total. The van der Waals surface area contributed by atoms with E-state index in [1.807, 2.05) is 84.7 Å². The molecule has 96 heavy (non-hydrogen) atoms. The molecule has 0 amide bonds. The normalized spacial score (nSPS) is 10.6. The molecule has 7 heterocycles. The van der Waals surface area contributed by atoms with Gasteiger partial charge in [-0.15, -0.1) is 0 Å². The topological polar surface area (TPSA) is 266 Å². The SMILES string of the molecule is CN(CC#N)CCOc1cnc(COc2ccc3oc4ccccc4c3c2)c(F)c1.COC(=O)c1ncc(O)cc1F.COC(=O)c1ncc(OCCBr)cc1F.Fc1cc(OCCBr)cnc1COc1ccc2oc3ccccc3c2c1.OCc1ncc(OCCBr)cc1F. The van der Waals surface area contributed by atoms with Crippen molar-refractivity contribution in [3.05, 3.63) is 204 Å². The Morgan fingerprint density at radius 1 is 0.490 bits per heavy atom. The van der Waals surface area contributed by atoms with Gasteiger partial charge in [0, 0.05) is 74.4 Å². The molecule has 0 saturated heterocycles. The number of pyridine rings is 5. The molecule has 0 aliphatic carbocycles. The third-order valence-corrected chi connectivity index (χ3v) is 13.8. The summed E-state index contributed by atoms with van der Waals surface area (Å²) in [4.78, 5) is 42.4. The van der Waals surface area contributed by atoms with E-state index in [1.54, 1.807) is 12.1 Å². The number of nitriles is 1. The van der Waals surface area contributed by atoms with E-state index in [1.165, 1.54) is 50.1 Å². The first-order valence-corrected chi connectivity index (χ1v) is 31.9. The van der Waals surface area contributed by atoms with Gasteiger partial charge in [0.05, 0.1) is 84.2 Å². The van der Waals surface area contributed by atoms with Gasteiger partial charge in [0.25, 0.3) is 0 Å². The zero-order chi connectivity index (χ0) is 68.9. The quantitative estimate of drug-likeness (QED) is 0.0261. The van der Waals surface area contributed by atoms with Gasteiger partial charge in [-0.25, -0.2) is 41.5 Å². The Kier molecular flexibility index (Phi) is 29.1. The Balaban J connectivity index is 0.000000178. The maximum Gasteiger partial charge on any atom is 0.359 e. The average Bonchev–Trinajstić information content (AvgIpc) is 1.65. The lowest BCUT2D eigenvalue weighted by atomic mass is 10.1. The predicted molar refractivity (Wildman–Crippen MR) is 354 cm³/mol. The number of halogens is 8. The van der Waals surface area contributed by atoms with Gasteiger partial charge in [-0.05, 0) is 55.6 Å². The molecular weight excluding hydrogens is 1460 g/mol. The summed E-state index contributed by atoms with van der Waals surface area (Å²) in [5, 5.41) is 31.9. The number of likely N-dealkylation sites (N-methyl/N-ethyl adjacent to an activating group) is 1. The van der Waals surface area contributed by atoms with Crippen LogP contribution >= 0.6 is 47.8 Å². The first-order valence-electron chi connectivity index (χ1n) is 28.5. The number of benzene rings is 4. The van der Waals surface area contributed by atoms with E-state index < -0.39 is 53.3 Å². The number of ether oxygens (including phenoxy) is 8. The molecule has 0 bridgehead atoms. The number of alkyl halides is 3. The molecule has 29 heteroatoms. The minimum Gasteiger partial charge on any atom is -0.506 e. The molecule has 7 aromatic heterocycles. The monoisotopic (exact) mass is 1520 g/mol. The molecule has 502 valence electrons. The lowest BCUT2D eigenvalue weighted by molar-refractivity contribution is 0.0579. The van der Waals surface area contributed by atoms with Crippen molar-refractivity contribution in [2.45, 2.75) is 19.8 Å². The van der Waals surface area contributed by atoms with Crippen LogP contribution in [0.25, 0.3) is 43.9 Å². The number of hydrogen-bond acceptors (Lipinski definition) is 21. The van der Waals surface area contributed by atoms with Gasteiger partial charge in [0.1, 0.15) is 99.5 Å². The first-order chi connectivity index (χ1) is 46.5. The third-order valence-electron chi connectivity index (χ3n) is 12.8. The van der Waals surface area contributed by atoms with E-state index in [9.17, 15) is 31.5 Å². The molecule has 0 aliphatic rings. The van der Waals surface area contributed by atoms with Crippen LogP contribution in [-0.2, 0) is 29.3 Å². The number of carbonyl (C=O) groups is 2. The molecule has 4 aromatic carbocycles. The highest BCUT2D eigenvalue weighted by Gasteiger charge is 2.17. The largest absolute Gasteiger partial charge is 0.506 e. The lowest BCUT2D eigenvalue weighted by Crippen LogP contribution is -2.24. The summed E-state index contributed by atoms with van der Waals surface area (Å²) >= 11 is 9.59. The van der Waals surface area contributed by atoms with Crippen LogP contribution in [0, 0.1) is 40.4 Å². The zero-order valence-corrected chi connectivity index (χ0v) is 56.0. The molecular formula is C67H59Br3F5N7O14. The number of para-hydroxylation sites is 2. The van der Waals surface area contributed by atoms with E-state index in [4.69, 9.17) is 52.7 Å². The third kappa shape index (κ3) is 21.7. The van der Waals surface area contributed by atoms with Crippen LogP contribution < -0.4 is 28.4 Å². The Hall–Kier alpha value is -9.73. The van der Waals surface area contributed by atoms with Crippen molar-refractivity contribution in [2.24, 2.45) is 0 Å². The molecule has 0 radical (unpaired) electrons. The number of fused-ring (bicyclic) bond motifs is 6. The number of furan rings is 2. The van der Waals surface area contributed by atoms with Crippen molar-refractivity contribution in [1.82, 2.24) is 29.8 Å². The number of hydrogen-bond donors (Lipinski definition) is 2. The van der Waals surface area contributed by atoms with Crippen LogP contribution in [0.2, 0.25) is 0 Å². The van der Waals surface area contributed by atoms with E-state index in [0.29, 0.717) is 84.3 Å². The average molecular weight is 1520 g/mol. The Morgan fingerprint density at radius 3 is 1.27 bits per heavy atom. The van der Waals surface area contributed by atoms with Crippen LogP contribution in [-0.4, -0.2) is 129 Å². The number of aromatic nitrogens is 5. The van der Waals surface area contributed by atoms with Gasteiger partial charge in [0.2, 0.25) is 0 Å². The van der Waals surface area contributed by atoms with E-state index in [2.05, 4.69) is 88.3 Å². The van der Waals surface area contributed by atoms with Gasteiger partial charge < -0.3 is 56.9 Å². The molecule has 11 rings (SSSR count). The number of rotatable bonds is 23. The van der Waals surface area contributed by atoms with Crippen LogP contribution in [0.4, 0.5) is 22.0 Å². The van der Waals surface area contributed by atoms with Gasteiger partial charge in [-0.2, -0.15) is 5.26 Å². The molecule has 0 spiro atoms.